The number of guanidine groups is 1. The summed E-state index contributed by atoms with van der Waals surface area (Å²) in [6.45, 7) is 13.7. The smallest absolute Gasteiger partial charge is 0.191 e. The maximum Gasteiger partial charge on any atom is 0.191 e. The van der Waals surface area contributed by atoms with Gasteiger partial charge in [-0.15, -0.1) is 24.0 Å². The average molecular weight is 518 g/mol. The molecule has 0 amide bonds. The second-order valence-corrected chi connectivity index (χ2v) is 8.53. The Balaban J connectivity index is 0.00000420. The Labute approximate surface area is 194 Å². The van der Waals surface area contributed by atoms with Gasteiger partial charge >= 0.3 is 0 Å². The summed E-state index contributed by atoms with van der Waals surface area (Å²) in [5.74, 6) is 1.75. The number of hydrogen-bond donors (Lipinski definition) is 2. The van der Waals surface area contributed by atoms with Crippen LogP contribution in [0.3, 0.4) is 0 Å². The minimum Gasteiger partial charge on any atom is -0.488 e. The Bertz CT molecular complexity index is 617. The van der Waals surface area contributed by atoms with E-state index in [1.54, 1.807) is 0 Å². The summed E-state index contributed by atoms with van der Waals surface area (Å²) in [6.07, 6.45) is 2.39. The number of aliphatic imine (C=N–C) groups is 1. The third-order valence-corrected chi connectivity index (χ3v) is 4.81. The molecular weight excluding hydrogens is 477 g/mol. The Morgan fingerprint density at radius 2 is 1.86 bits per heavy atom. The molecule has 7 heteroatoms. The molecule has 1 aliphatic heterocycles. The van der Waals surface area contributed by atoms with Crippen molar-refractivity contribution in [2.45, 2.75) is 45.8 Å². The largest absolute Gasteiger partial charge is 0.488 e. The highest BCUT2D eigenvalue weighted by atomic mass is 127. The van der Waals surface area contributed by atoms with Crippen LogP contribution in [0.1, 0.15) is 39.2 Å². The van der Waals surface area contributed by atoms with E-state index in [-0.39, 0.29) is 29.6 Å². The molecule has 0 spiro atoms. The molecule has 1 saturated heterocycles. The van der Waals surface area contributed by atoms with Crippen molar-refractivity contribution in [2.75, 3.05) is 53.4 Å². The number of rotatable bonds is 7. The Hall–Kier alpha value is -1.06. The number of halogens is 1. The minimum atomic E-state index is -0.210. The van der Waals surface area contributed by atoms with E-state index in [1.807, 2.05) is 25.2 Å². The van der Waals surface area contributed by atoms with Gasteiger partial charge in [0, 0.05) is 38.8 Å². The van der Waals surface area contributed by atoms with Crippen LogP contribution < -0.4 is 15.4 Å². The third-order valence-electron chi connectivity index (χ3n) is 4.81. The Morgan fingerprint density at radius 3 is 2.59 bits per heavy atom. The first-order valence-electron chi connectivity index (χ1n) is 10.5. The maximum atomic E-state index is 6.07. The first-order chi connectivity index (χ1) is 13.4. The summed E-state index contributed by atoms with van der Waals surface area (Å²) >= 11 is 0. The van der Waals surface area contributed by atoms with Crippen molar-refractivity contribution in [3.63, 3.8) is 0 Å². The summed E-state index contributed by atoms with van der Waals surface area (Å²) in [6, 6.07) is 8.17. The SMILES string of the molecule is CN=C(NCCCN1CCCN(C)CC1)NCc1ccccc1OC(C)(C)C.I. The molecule has 2 rings (SSSR count). The number of para-hydroxylation sites is 1. The van der Waals surface area contributed by atoms with Crippen molar-refractivity contribution in [2.24, 2.45) is 4.99 Å². The van der Waals surface area contributed by atoms with E-state index in [2.05, 4.69) is 59.3 Å². The lowest BCUT2D eigenvalue weighted by Gasteiger charge is -2.23. The van der Waals surface area contributed by atoms with Gasteiger partial charge in [-0.25, -0.2) is 0 Å². The summed E-state index contributed by atoms with van der Waals surface area (Å²) in [5, 5.41) is 6.84. The standard InChI is InChI=1S/C22H39N5O.HI/c1-22(2,3)28-20-11-7-6-10-19(20)18-25-21(23-4)24-12-8-14-27-15-9-13-26(5)16-17-27;/h6-7,10-11H,8-9,12-18H2,1-5H3,(H2,23,24,25);1H. The number of benzene rings is 1. The summed E-state index contributed by atoms with van der Waals surface area (Å²) in [4.78, 5) is 9.34. The van der Waals surface area contributed by atoms with Crippen molar-refractivity contribution in [3.8, 4) is 5.75 Å². The molecule has 0 atom stereocenters. The molecule has 0 unspecified atom stereocenters. The highest BCUT2D eigenvalue weighted by Crippen LogP contribution is 2.22. The van der Waals surface area contributed by atoms with Crippen LogP contribution in [-0.2, 0) is 6.54 Å². The summed E-state index contributed by atoms with van der Waals surface area (Å²) in [5.41, 5.74) is 0.923. The fraction of sp³-hybridized carbons (Fsp3) is 0.682. The molecule has 1 aromatic carbocycles. The molecule has 0 aliphatic carbocycles. The number of likely N-dealkylation sites (N-methyl/N-ethyl adjacent to an activating group) is 1. The van der Waals surface area contributed by atoms with Gasteiger partial charge in [-0.3, -0.25) is 4.99 Å². The highest BCUT2D eigenvalue weighted by Gasteiger charge is 2.14. The molecule has 166 valence electrons. The normalized spacial score (nSPS) is 16.7. The highest BCUT2D eigenvalue weighted by molar-refractivity contribution is 14.0. The zero-order chi connectivity index (χ0) is 20.4. The van der Waals surface area contributed by atoms with E-state index in [4.69, 9.17) is 4.74 Å². The molecule has 0 saturated carbocycles. The number of hydrogen-bond acceptors (Lipinski definition) is 4. The van der Waals surface area contributed by atoms with Gasteiger partial charge in [-0.1, -0.05) is 18.2 Å². The van der Waals surface area contributed by atoms with E-state index in [1.165, 1.54) is 32.6 Å². The van der Waals surface area contributed by atoms with Gasteiger partial charge < -0.3 is 25.2 Å². The van der Waals surface area contributed by atoms with Crippen molar-refractivity contribution in [1.82, 2.24) is 20.4 Å². The van der Waals surface area contributed by atoms with Crippen LogP contribution in [0.5, 0.6) is 5.75 Å². The fourth-order valence-corrected chi connectivity index (χ4v) is 3.31. The molecule has 1 aliphatic rings. The summed E-state index contributed by atoms with van der Waals surface area (Å²) < 4.78 is 6.07. The van der Waals surface area contributed by atoms with Gasteiger partial charge in [0.25, 0.3) is 0 Å². The minimum absolute atomic E-state index is 0. The lowest BCUT2D eigenvalue weighted by Crippen LogP contribution is -2.39. The predicted octanol–water partition coefficient (Wildman–Crippen LogP) is 3.17. The first-order valence-corrected chi connectivity index (χ1v) is 10.5. The van der Waals surface area contributed by atoms with Crippen molar-refractivity contribution in [1.29, 1.82) is 0 Å². The van der Waals surface area contributed by atoms with Gasteiger partial charge in [-0.05, 0) is 66.4 Å². The maximum absolute atomic E-state index is 6.07. The van der Waals surface area contributed by atoms with Crippen LogP contribution in [0.4, 0.5) is 0 Å². The molecular formula is C22H40IN5O. The van der Waals surface area contributed by atoms with E-state index in [9.17, 15) is 0 Å². The van der Waals surface area contributed by atoms with Gasteiger partial charge in [0.15, 0.2) is 5.96 Å². The molecule has 6 nitrogen and oxygen atoms in total. The van der Waals surface area contributed by atoms with Gasteiger partial charge in [-0.2, -0.15) is 0 Å². The lowest BCUT2D eigenvalue weighted by atomic mass is 10.1. The molecule has 0 bridgehead atoms. The number of nitrogens with zero attached hydrogens (tertiary/aromatic N) is 3. The molecule has 2 N–H and O–H groups in total. The number of nitrogens with one attached hydrogen (secondary N) is 2. The van der Waals surface area contributed by atoms with Crippen molar-refractivity contribution in [3.05, 3.63) is 29.8 Å². The molecule has 1 fully saturated rings. The van der Waals surface area contributed by atoms with Gasteiger partial charge in [0.2, 0.25) is 0 Å². The fourth-order valence-electron chi connectivity index (χ4n) is 3.31. The molecule has 29 heavy (non-hydrogen) atoms. The monoisotopic (exact) mass is 517 g/mol. The third kappa shape index (κ3) is 10.5. The van der Waals surface area contributed by atoms with E-state index < -0.39 is 0 Å². The summed E-state index contributed by atoms with van der Waals surface area (Å²) in [7, 11) is 4.03. The van der Waals surface area contributed by atoms with Gasteiger partial charge in [0.05, 0.1) is 0 Å². The second-order valence-electron chi connectivity index (χ2n) is 8.53. The topological polar surface area (TPSA) is 52.1 Å². The van der Waals surface area contributed by atoms with E-state index in [0.29, 0.717) is 6.54 Å². The zero-order valence-corrected chi connectivity index (χ0v) is 21.2. The van der Waals surface area contributed by atoms with Crippen molar-refractivity contribution < 1.29 is 4.74 Å². The van der Waals surface area contributed by atoms with Crippen LogP contribution in [-0.4, -0.2) is 74.7 Å². The van der Waals surface area contributed by atoms with Crippen LogP contribution >= 0.6 is 24.0 Å². The zero-order valence-electron chi connectivity index (χ0n) is 18.8. The first kappa shape index (κ1) is 26.0. The molecule has 0 aromatic heterocycles. The van der Waals surface area contributed by atoms with E-state index in [0.717, 1.165) is 36.8 Å². The number of ether oxygens (including phenoxy) is 1. The average Bonchev–Trinajstić information content (AvgIpc) is 2.85. The second kappa shape index (κ2) is 13.3. The predicted molar refractivity (Wildman–Crippen MR) is 134 cm³/mol. The Kier molecular flexibility index (Phi) is 11.9. The van der Waals surface area contributed by atoms with Crippen LogP contribution in [0.2, 0.25) is 0 Å². The van der Waals surface area contributed by atoms with Crippen molar-refractivity contribution >= 4 is 29.9 Å². The molecule has 1 heterocycles. The Morgan fingerprint density at radius 1 is 1.10 bits per heavy atom. The van der Waals surface area contributed by atoms with Gasteiger partial charge in [0.1, 0.15) is 11.4 Å². The lowest BCUT2D eigenvalue weighted by molar-refractivity contribution is 0.129. The quantitative estimate of drug-likeness (QED) is 0.252. The molecule has 1 aromatic rings. The van der Waals surface area contributed by atoms with Crippen LogP contribution in [0, 0.1) is 0 Å². The van der Waals surface area contributed by atoms with Crippen LogP contribution in [0.25, 0.3) is 0 Å². The molecule has 0 radical (unpaired) electrons. The van der Waals surface area contributed by atoms with Crippen LogP contribution in [0.15, 0.2) is 29.3 Å². The van der Waals surface area contributed by atoms with E-state index >= 15 is 0 Å².